The van der Waals surface area contributed by atoms with Crippen molar-refractivity contribution < 1.29 is 24.5 Å². The molecule has 0 aliphatic heterocycles. The second-order valence-corrected chi connectivity index (χ2v) is 10.2. The van der Waals surface area contributed by atoms with E-state index in [0.29, 0.717) is 0 Å². The van der Waals surface area contributed by atoms with Crippen molar-refractivity contribution >= 4 is 23.8 Å². The Hall–Kier alpha value is -0.990. The molecule has 2 rings (SSSR count). The van der Waals surface area contributed by atoms with Gasteiger partial charge in [0, 0.05) is 17.8 Å². The largest absolute Gasteiger partial charge is 0.479 e. The molecule has 0 aromatic carbocycles. The first kappa shape index (κ1) is 27.0. The predicted molar refractivity (Wildman–Crippen MR) is 122 cm³/mol. The van der Waals surface area contributed by atoms with E-state index in [0.717, 1.165) is 12.1 Å². The summed E-state index contributed by atoms with van der Waals surface area (Å²) in [6.45, 7) is 5.09. The molecule has 2 aliphatic carbocycles. The Morgan fingerprint density at radius 1 is 1.00 bits per heavy atom. The molecule has 0 radical (unpaired) electrons. The first-order valence-electron chi connectivity index (χ1n) is 11.3. The van der Waals surface area contributed by atoms with Gasteiger partial charge in [-0.15, -0.1) is 0 Å². The van der Waals surface area contributed by atoms with Gasteiger partial charge in [0.25, 0.3) is 0 Å². The maximum atomic E-state index is 11.4. The number of hydrogen-bond acceptors (Lipinski definition) is 6. The van der Waals surface area contributed by atoms with Crippen LogP contribution in [0.25, 0.3) is 0 Å². The zero-order valence-electron chi connectivity index (χ0n) is 19.1. The maximum absolute atomic E-state index is 11.4. The van der Waals surface area contributed by atoms with Crippen LogP contribution in [0.3, 0.4) is 0 Å². The number of aliphatic carboxylic acids is 1. The molecular formula is C22H42N2O5S. The topological polar surface area (TPSA) is 108 Å². The normalized spacial score (nSPS) is 20.4. The Labute approximate surface area is 186 Å². The molecule has 176 valence electrons. The summed E-state index contributed by atoms with van der Waals surface area (Å²) in [5, 5.41) is 24.3. The van der Waals surface area contributed by atoms with Crippen LogP contribution >= 0.6 is 11.8 Å². The van der Waals surface area contributed by atoms with Gasteiger partial charge >= 0.3 is 12.1 Å². The van der Waals surface area contributed by atoms with Crippen LogP contribution in [0.1, 0.15) is 85.0 Å². The van der Waals surface area contributed by atoms with Gasteiger partial charge in [-0.05, 0) is 52.7 Å². The Morgan fingerprint density at radius 2 is 1.47 bits per heavy atom. The lowest BCUT2D eigenvalue weighted by atomic mass is 9.91. The van der Waals surface area contributed by atoms with Crippen LogP contribution in [0.2, 0.25) is 0 Å². The van der Waals surface area contributed by atoms with Gasteiger partial charge in [-0.25, -0.2) is 9.59 Å². The Bertz CT molecular complexity index is 484. The average Bonchev–Trinajstić information content (AvgIpc) is 2.67. The fraction of sp³-hybridized carbons (Fsp3) is 0.909. The number of hydrogen-bond donors (Lipinski definition) is 4. The summed E-state index contributed by atoms with van der Waals surface area (Å²) in [6.07, 6.45) is 13.9. The van der Waals surface area contributed by atoms with Crippen LogP contribution in [0.5, 0.6) is 0 Å². The van der Waals surface area contributed by atoms with Crippen LogP contribution in [-0.4, -0.2) is 64.1 Å². The van der Waals surface area contributed by atoms with Crippen molar-refractivity contribution in [3.8, 4) is 0 Å². The summed E-state index contributed by atoms with van der Waals surface area (Å²) < 4.78 is 4.98. The second-order valence-electron chi connectivity index (χ2n) is 9.33. The molecule has 0 bridgehead atoms. The van der Waals surface area contributed by atoms with Crippen LogP contribution in [0, 0.1) is 0 Å². The SMILES string of the molecule is C1CCC(NC2CCCCC2)CC1.CSC[C@@H](NC(=O)OC(C)(C)C)C(O)C(=O)O. The van der Waals surface area contributed by atoms with Crippen molar-refractivity contribution in [3.05, 3.63) is 0 Å². The van der Waals surface area contributed by atoms with E-state index in [2.05, 4.69) is 10.6 Å². The number of carbonyl (C=O) groups is 2. The number of amides is 1. The molecule has 1 unspecified atom stereocenters. The van der Waals surface area contributed by atoms with E-state index in [1.165, 1.54) is 76.0 Å². The van der Waals surface area contributed by atoms with E-state index in [-0.39, 0.29) is 5.75 Å². The van der Waals surface area contributed by atoms with E-state index in [9.17, 15) is 14.7 Å². The highest BCUT2D eigenvalue weighted by Gasteiger charge is 2.28. The highest BCUT2D eigenvalue weighted by atomic mass is 32.2. The smallest absolute Gasteiger partial charge is 0.408 e. The van der Waals surface area contributed by atoms with Crippen molar-refractivity contribution in [3.63, 3.8) is 0 Å². The third kappa shape index (κ3) is 12.0. The molecule has 2 fully saturated rings. The molecule has 1 amide bonds. The predicted octanol–water partition coefficient (Wildman–Crippen LogP) is 3.93. The number of nitrogens with one attached hydrogen (secondary N) is 2. The molecule has 0 saturated heterocycles. The van der Waals surface area contributed by atoms with E-state index >= 15 is 0 Å². The summed E-state index contributed by atoms with van der Waals surface area (Å²) in [5.74, 6) is -1.09. The number of ether oxygens (including phenoxy) is 1. The van der Waals surface area contributed by atoms with Gasteiger partial charge in [0.1, 0.15) is 5.60 Å². The number of rotatable bonds is 7. The van der Waals surface area contributed by atoms with Crippen LogP contribution in [-0.2, 0) is 9.53 Å². The second kappa shape index (κ2) is 14.1. The first-order valence-corrected chi connectivity index (χ1v) is 12.7. The molecular weight excluding hydrogens is 404 g/mol. The number of thioether (sulfide) groups is 1. The fourth-order valence-electron chi connectivity index (χ4n) is 3.89. The van der Waals surface area contributed by atoms with Crippen molar-refractivity contribution in [2.24, 2.45) is 0 Å². The number of carbonyl (C=O) groups excluding carboxylic acids is 1. The van der Waals surface area contributed by atoms with Crippen molar-refractivity contribution in [1.82, 2.24) is 10.6 Å². The molecule has 0 aromatic rings. The molecule has 30 heavy (non-hydrogen) atoms. The Kier molecular flexibility index (Phi) is 12.8. The van der Waals surface area contributed by atoms with Gasteiger partial charge in [0.05, 0.1) is 6.04 Å². The monoisotopic (exact) mass is 446 g/mol. The Balaban J connectivity index is 0.000000308. The molecule has 2 saturated carbocycles. The van der Waals surface area contributed by atoms with Crippen molar-refractivity contribution in [1.29, 1.82) is 0 Å². The Morgan fingerprint density at radius 3 is 1.83 bits per heavy atom. The number of carboxylic acids is 1. The van der Waals surface area contributed by atoms with Crippen molar-refractivity contribution in [2.45, 2.75) is 115 Å². The van der Waals surface area contributed by atoms with E-state index < -0.39 is 29.8 Å². The molecule has 4 N–H and O–H groups in total. The lowest BCUT2D eigenvalue weighted by Gasteiger charge is -2.30. The maximum Gasteiger partial charge on any atom is 0.408 e. The first-order chi connectivity index (χ1) is 14.1. The third-order valence-electron chi connectivity index (χ3n) is 5.36. The quantitative estimate of drug-likeness (QED) is 0.469. The van der Waals surface area contributed by atoms with Gasteiger partial charge in [-0.1, -0.05) is 38.5 Å². The molecule has 0 heterocycles. The average molecular weight is 447 g/mol. The van der Waals surface area contributed by atoms with Crippen LogP contribution in [0.4, 0.5) is 4.79 Å². The highest BCUT2D eigenvalue weighted by molar-refractivity contribution is 7.98. The number of carboxylic acid groups (broad SMARTS) is 1. The van der Waals surface area contributed by atoms with E-state index in [1.807, 2.05) is 0 Å². The summed E-state index contributed by atoms with van der Waals surface area (Å²) >= 11 is 1.32. The van der Waals surface area contributed by atoms with Crippen LogP contribution in [0.15, 0.2) is 0 Å². The lowest BCUT2D eigenvalue weighted by Crippen LogP contribution is -2.49. The van der Waals surface area contributed by atoms with Gasteiger partial charge in [-0.3, -0.25) is 0 Å². The third-order valence-corrected chi connectivity index (χ3v) is 6.06. The minimum atomic E-state index is -1.64. The van der Waals surface area contributed by atoms with Crippen LogP contribution < -0.4 is 10.6 Å². The van der Waals surface area contributed by atoms with E-state index in [1.54, 1.807) is 27.0 Å². The number of aliphatic hydroxyl groups excluding tert-OH is 1. The fourth-order valence-corrected chi connectivity index (χ4v) is 4.52. The standard InChI is InChI=1S/C12H23N.C10H19NO5S/c1-3-7-11(8-4-1)13-12-9-5-2-6-10-12;1-10(2,3)16-9(15)11-6(5-17-4)7(12)8(13)14/h11-13H,1-10H2;6-7,12H,5H2,1-4H3,(H,11,15)(H,13,14)/t;6-,7?/m.1/s1. The molecule has 0 spiro atoms. The minimum absolute atomic E-state index is 0.284. The molecule has 2 atom stereocenters. The molecule has 2 aliphatic rings. The highest BCUT2D eigenvalue weighted by Crippen LogP contribution is 2.22. The van der Waals surface area contributed by atoms with Crippen molar-refractivity contribution in [2.75, 3.05) is 12.0 Å². The summed E-state index contributed by atoms with van der Waals surface area (Å²) in [5.41, 5.74) is -0.665. The lowest BCUT2D eigenvalue weighted by molar-refractivity contribution is -0.147. The number of alkyl carbamates (subject to hydrolysis) is 1. The minimum Gasteiger partial charge on any atom is -0.479 e. The zero-order valence-corrected chi connectivity index (χ0v) is 19.9. The molecule has 0 aromatic heterocycles. The molecule has 7 nitrogen and oxygen atoms in total. The summed E-state index contributed by atoms with van der Waals surface area (Å²) in [6, 6.07) is 0.867. The molecule has 8 heteroatoms. The van der Waals surface area contributed by atoms with Gasteiger partial charge in [0.15, 0.2) is 6.10 Å². The van der Waals surface area contributed by atoms with Gasteiger partial charge in [-0.2, -0.15) is 11.8 Å². The number of aliphatic hydroxyl groups is 1. The van der Waals surface area contributed by atoms with Gasteiger partial charge < -0.3 is 25.6 Å². The zero-order chi connectivity index (χ0) is 22.6. The van der Waals surface area contributed by atoms with E-state index in [4.69, 9.17) is 9.84 Å². The van der Waals surface area contributed by atoms with Gasteiger partial charge in [0.2, 0.25) is 0 Å². The summed E-state index contributed by atoms with van der Waals surface area (Å²) in [4.78, 5) is 22.1. The summed E-state index contributed by atoms with van der Waals surface area (Å²) in [7, 11) is 0.